The van der Waals surface area contributed by atoms with Gasteiger partial charge >= 0.3 is 6.03 Å². The van der Waals surface area contributed by atoms with E-state index in [-0.39, 0.29) is 23.1 Å². The van der Waals surface area contributed by atoms with E-state index < -0.39 is 6.03 Å². The van der Waals surface area contributed by atoms with Crippen molar-refractivity contribution in [3.8, 4) is 23.0 Å². The first-order valence-electron chi connectivity index (χ1n) is 17.1. The number of aryl methyl sites for hydroxylation is 1. The number of pyridine rings is 3. The van der Waals surface area contributed by atoms with Crippen LogP contribution < -0.4 is 16.2 Å². The van der Waals surface area contributed by atoms with Gasteiger partial charge in [0.2, 0.25) is 0 Å². The number of carbonyl (C=O) groups is 1. The fourth-order valence-electron chi connectivity index (χ4n) is 6.03. The molecule has 5 rings (SSSR count). The highest BCUT2D eigenvalue weighted by Crippen LogP contribution is 2.35. The number of nitrogens with zero attached hydrogens (tertiary/aromatic N) is 4. The molecule has 0 aliphatic carbocycles. The molecule has 2 aromatic carbocycles. The number of hydrogen-bond donors (Lipinski definition) is 2. The number of hydrogen-bond acceptors (Lipinski definition) is 5. The Bertz CT molecular complexity index is 2010. The van der Waals surface area contributed by atoms with Crippen molar-refractivity contribution in [2.75, 3.05) is 24.2 Å². The lowest BCUT2D eigenvalue weighted by atomic mass is 9.93. The minimum Gasteiger partial charge on any atom is -0.307 e. The molecule has 0 fully saturated rings. The Balaban J connectivity index is 1.55. The number of benzene rings is 2. The summed E-state index contributed by atoms with van der Waals surface area (Å²) in [5.74, 6) is 6.95. The summed E-state index contributed by atoms with van der Waals surface area (Å²) in [4.78, 5) is 39.4. The normalized spacial score (nSPS) is 11.2. The standard InChI is InChI=1S/C41H46N6O2/c1-7-8-25-47-39-35(21-13-23-43-39)36(31-17-11-15-30(26-31)16-14-24-46(6)27-32-18-9-10-22-42-32)38(40(47)48)45-41(49)44-37-33(28(2)3)19-12-20-34(37)29(4)5/h9-13,15,17-23,26,28-29H,7-8,24-25,27H2,1-6H3,(H2,44,45,49). The predicted molar refractivity (Wildman–Crippen MR) is 201 cm³/mol. The van der Waals surface area contributed by atoms with Gasteiger partial charge in [0.25, 0.3) is 5.56 Å². The van der Waals surface area contributed by atoms with E-state index in [9.17, 15) is 9.59 Å². The van der Waals surface area contributed by atoms with Gasteiger partial charge in [0.05, 0.1) is 12.2 Å². The maximum absolute atomic E-state index is 14.3. The Morgan fingerprint density at radius 2 is 1.59 bits per heavy atom. The molecule has 252 valence electrons. The zero-order valence-corrected chi connectivity index (χ0v) is 29.4. The van der Waals surface area contributed by atoms with E-state index in [2.05, 4.69) is 72.0 Å². The highest BCUT2D eigenvalue weighted by atomic mass is 16.2. The van der Waals surface area contributed by atoms with Gasteiger partial charge in [-0.1, -0.05) is 89.3 Å². The van der Waals surface area contributed by atoms with E-state index in [0.717, 1.165) is 51.9 Å². The maximum Gasteiger partial charge on any atom is 0.323 e. The molecule has 0 spiro atoms. The summed E-state index contributed by atoms with van der Waals surface area (Å²) < 4.78 is 1.68. The lowest BCUT2D eigenvalue weighted by Gasteiger charge is -2.21. The van der Waals surface area contributed by atoms with Crippen molar-refractivity contribution in [3.63, 3.8) is 0 Å². The molecule has 0 atom stereocenters. The Morgan fingerprint density at radius 1 is 0.878 bits per heavy atom. The molecule has 8 nitrogen and oxygen atoms in total. The van der Waals surface area contributed by atoms with E-state index in [4.69, 9.17) is 0 Å². The van der Waals surface area contributed by atoms with Crippen LogP contribution in [0.3, 0.4) is 0 Å². The smallest absolute Gasteiger partial charge is 0.307 e. The summed E-state index contributed by atoms with van der Waals surface area (Å²) in [6.45, 7) is 12.3. The van der Waals surface area contributed by atoms with Crippen LogP contribution in [0.2, 0.25) is 0 Å². The first-order valence-corrected chi connectivity index (χ1v) is 17.1. The second kappa shape index (κ2) is 16.2. The van der Waals surface area contributed by atoms with Gasteiger partial charge in [-0.3, -0.25) is 19.2 Å². The number of para-hydroxylation sites is 1. The number of nitrogens with one attached hydrogen (secondary N) is 2. The van der Waals surface area contributed by atoms with Crippen LogP contribution in [-0.4, -0.2) is 39.1 Å². The molecule has 3 heterocycles. The van der Waals surface area contributed by atoms with Gasteiger partial charge in [0.1, 0.15) is 11.3 Å². The summed E-state index contributed by atoms with van der Waals surface area (Å²) >= 11 is 0. The van der Waals surface area contributed by atoms with E-state index in [1.54, 1.807) is 17.0 Å². The van der Waals surface area contributed by atoms with Crippen molar-refractivity contribution in [1.82, 2.24) is 19.4 Å². The molecule has 0 aliphatic rings. The fourth-order valence-corrected chi connectivity index (χ4v) is 6.03. The molecular formula is C41H46N6O2. The van der Waals surface area contributed by atoms with Crippen LogP contribution >= 0.6 is 0 Å². The monoisotopic (exact) mass is 654 g/mol. The molecule has 0 saturated heterocycles. The molecule has 49 heavy (non-hydrogen) atoms. The first kappa shape index (κ1) is 35.1. The number of aromatic nitrogens is 3. The highest BCUT2D eigenvalue weighted by molar-refractivity contribution is 6.07. The van der Waals surface area contributed by atoms with E-state index >= 15 is 0 Å². The van der Waals surface area contributed by atoms with Gasteiger partial charge in [-0.15, -0.1) is 0 Å². The predicted octanol–water partition coefficient (Wildman–Crippen LogP) is 8.63. The number of urea groups is 1. The Morgan fingerprint density at radius 3 is 2.29 bits per heavy atom. The van der Waals surface area contributed by atoms with Gasteiger partial charge in [-0.2, -0.15) is 0 Å². The summed E-state index contributed by atoms with van der Waals surface area (Å²) in [5.41, 5.74) is 6.55. The topological polar surface area (TPSA) is 92.2 Å². The molecule has 0 bridgehead atoms. The average Bonchev–Trinajstić information content (AvgIpc) is 3.09. The Kier molecular flexibility index (Phi) is 11.6. The summed E-state index contributed by atoms with van der Waals surface area (Å²) in [6, 6.07) is 23.2. The van der Waals surface area contributed by atoms with Crippen LogP contribution in [0.1, 0.15) is 81.7 Å². The van der Waals surface area contributed by atoms with Crippen LogP contribution in [0.5, 0.6) is 0 Å². The van der Waals surface area contributed by atoms with Crippen LogP contribution in [0.25, 0.3) is 22.2 Å². The highest BCUT2D eigenvalue weighted by Gasteiger charge is 2.22. The van der Waals surface area contributed by atoms with Gasteiger partial charge in [-0.05, 0) is 78.4 Å². The molecule has 0 unspecified atom stereocenters. The third-order valence-corrected chi connectivity index (χ3v) is 8.50. The molecular weight excluding hydrogens is 608 g/mol. The van der Waals surface area contributed by atoms with Gasteiger partial charge in [0.15, 0.2) is 0 Å². The number of carbonyl (C=O) groups excluding carboxylic acids is 1. The maximum atomic E-state index is 14.3. The lowest BCUT2D eigenvalue weighted by molar-refractivity contribution is 0.262. The molecule has 5 aromatic rings. The molecule has 8 heteroatoms. The van der Waals surface area contributed by atoms with Crippen molar-refractivity contribution in [2.45, 2.75) is 72.4 Å². The average molecular weight is 655 g/mol. The lowest BCUT2D eigenvalue weighted by Crippen LogP contribution is -2.30. The quantitative estimate of drug-likeness (QED) is 0.139. The Labute approximate surface area is 289 Å². The van der Waals surface area contributed by atoms with Gasteiger partial charge < -0.3 is 10.6 Å². The summed E-state index contributed by atoms with van der Waals surface area (Å²) in [7, 11) is 2.01. The molecule has 0 aliphatic heterocycles. The Hall–Kier alpha value is -5.26. The molecule has 2 N–H and O–H groups in total. The molecule has 2 amide bonds. The van der Waals surface area contributed by atoms with Gasteiger partial charge in [0, 0.05) is 47.7 Å². The van der Waals surface area contributed by atoms with E-state index in [1.807, 2.05) is 79.8 Å². The third-order valence-electron chi connectivity index (χ3n) is 8.50. The van der Waals surface area contributed by atoms with Crippen molar-refractivity contribution in [1.29, 1.82) is 0 Å². The fraction of sp³-hybridized carbons (Fsp3) is 0.317. The number of amides is 2. The second-order valence-corrected chi connectivity index (χ2v) is 13.0. The van der Waals surface area contributed by atoms with E-state index in [0.29, 0.717) is 30.8 Å². The SMILES string of the molecule is CCCCn1c(=O)c(NC(=O)Nc2c(C(C)C)cccc2C(C)C)c(-c2cccc(C#CCN(C)Cc3ccccn3)c2)c2cccnc21. The second-order valence-electron chi connectivity index (χ2n) is 13.0. The third kappa shape index (κ3) is 8.43. The number of fused-ring (bicyclic) bond motifs is 1. The largest absolute Gasteiger partial charge is 0.323 e. The minimum absolute atomic E-state index is 0.196. The molecule has 0 radical (unpaired) electrons. The zero-order valence-electron chi connectivity index (χ0n) is 29.4. The van der Waals surface area contributed by atoms with Crippen LogP contribution in [0.15, 0.2) is 90.0 Å². The minimum atomic E-state index is -0.467. The summed E-state index contributed by atoms with van der Waals surface area (Å²) in [5, 5.41) is 6.91. The van der Waals surface area contributed by atoms with Gasteiger partial charge in [-0.25, -0.2) is 9.78 Å². The first-order chi connectivity index (χ1) is 23.7. The number of rotatable bonds is 11. The van der Waals surface area contributed by atoms with Crippen molar-refractivity contribution in [2.24, 2.45) is 0 Å². The van der Waals surface area contributed by atoms with Crippen LogP contribution in [-0.2, 0) is 13.1 Å². The number of anilines is 2. The van der Waals surface area contributed by atoms with Crippen molar-refractivity contribution < 1.29 is 4.79 Å². The summed E-state index contributed by atoms with van der Waals surface area (Å²) in [6.07, 6.45) is 5.21. The molecule has 3 aromatic heterocycles. The number of unbranched alkanes of at least 4 members (excludes halogenated alkanes) is 1. The molecule has 0 saturated carbocycles. The van der Waals surface area contributed by atoms with Crippen LogP contribution in [0, 0.1) is 11.8 Å². The van der Waals surface area contributed by atoms with Crippen LogP contribution in [0.4, 0.5) is 16.2 Å². The van der Waals surface area contributed by atoms with Crippen molar-refractivity contribution in [3.05, 3.63) is 118 Å². The zero-order chi connectivity index (χ0) is 34.9. The van der Waals surface area contributed by atoms with Crippen molar-refractivity contribution >= 4 is 28.4 Å². The van der Waals surface area contributed by atoms with E-state index in [1.165, 1.54) is 0 Å².